The highest BCUT2D eigenvalue weighted by molar-refractivity contribution is 5.75. The van der Waals surface area contributed by atoms with Gasteiger partial charge in [-0.05, 0) is 12.1 Å². The number of halogens is 1. The highest BCUT2D eigenvalue weighted by Crippen LogP contribution is 2.11. The van der Waals surface area contributed by atoms with Crippen molar-refractivity contribution in [3.05, 3.63) is 30.1 Å². The Bertz CT molecular complexity index is 337. The first-order valence-corrected chi connectivity index (χ1v) is 4.62. The van der Waals surface area contributed by atoms with Crippen molar-refractivity contribution in [1.29, 1.82) is 0 Å². The number of hydrogen-bond donors (Lipinski definition) is 2. The maximum absolute atomic E-state index is 12.7. The van der Waals surface area contributed by atoms with Gasteiger partial charge in [-0.25, -0.2) is 4.39 Å². The number of ether oxygens (including phenoxy) is 1. The number of benzene rings is 1. The predicted molar refractivity (Wildman–Crippen MR) is 57.2 cm³/mol. The van der Waals surface area contributed by atoms with E-state index >= 15 is 0 Å². The van der Waals surface area contributed by atoms with Crippen molar-refractivity contribution < 1.29 is 9.13 Å². The van der Waals surface area contributed by atoms with Gasteiger partial charge in [-0.15, -0.1) is 0 Å². The van der Waals surface area contributed by atoms with Crippen molar-refractivity contribution >= 4 is 5.96 Å². The van der Waals surface area contributed by atoms with Crippen LogP contribution >= 0.6 is 0 Å². The molecule has 0 saturated carbocycles. The van der Waals surface area contributed by atoms with Gasteiger partial charge < -0.3 is 16.2 Å². The largest absolute Gasteiger partial charge is 0.493 e. The number of nitrogens with zero attached hydrogens (tertiary/aromatic N) is 1. The van der Waals surface area contributed by atoms with Crippen LogP contribution in [0, 0.1) is 5.82 Å². The third kappa shape index (κ3) is 4.85. The van der Waals surface area contributed by atoms with E-state index < -0.39 is 0 Å². The first kappa shape index (κ1) is 11.3. The summed E-state index contributed by atoms with van der Waals surface area (Å²) >= 11 is 0. The van der Waals surface area contributed by atoms with Crippen LogP contribution in [0.4, 0.5) is 4.39 Å². The number of rotatable bonds is 5. The van der Waals surface area contributed by atoms with Crippen molar-refractivity contribution in [2.75, 3.05) is 13.2 Å². The molecular formula is C10H14FN3O. The van der Waals surface area contributed by atoms with E-state index in [4.69, 9.17) is 16.2 Å². The molecule has 0 unspecified atom stereocenters. The minimum atomic E-state index is -0.309. The SMILES string of the molecule is NC(N)=NCCCOc1cccc(F)c1. The average molecular weight is 211 g/mol. The molecule has 15 heavy (non-hydrogen) atoms. The highest BCUT2D eigenvalue weighted by Gasteiger charge is 1.95. The maximum atomic E-state index is 12.7. The molecule has 1 rings (SSSR count). The van der Waals surface area contributed by atoms with E-state index in [1.807, 2.05) is 0 Å². The van der Waals surface area contributed by atoms with E-state index in [9.17, 15) is 4.39 Å². The first-order chi connectivity index (χ1) is 7.18. The molecule has 0 aliphatic rings. The van der Waals surface area contributed by atoms with E-state index in [1.54, 1.807) is 12.1 Å². The molecule has 0 atom stereocenters. The average Bonchev–Trinajstić information content (AvgIpc) is 2.17. The molecule has 4 nitrogen and oxygen atoms in total. The normalized spacial score (nSPS) is 9.67. The van der Waals surface area contributed by atoms with Gasteiger partial charge in [0.15, 0.2) is 5.96 Å². The van der Waals surface area contributed by atoms with Crippen LogP contribution in [-0.2, 0) is 0 Å². The number of hydrogen-bond acceptors (Lipinski definition) is 2. The summed E-state index contributed by atoms with van der Waals surface area (Å²) in [5.41, 5.74) is 10.3. The number of nitrogens with two attached hydrogens (primary N) is 2. The second-order valence-electron chi connectivity index (χ2n) is 2.97. The van der Waals surface area contributed by atoms with Gasteiger partial charge in [0.1, 0.15) is 11.6 Å². The van der Waals surface area contributed by atoms with Crippen LogP contribution in [0.5, 0.6) is 5.75 Å². The van der Waals surface area contributed by atoms with Crippen LogP contribution in [0.3, 0.4) is 0 Å². The number of guanidine groups is 1. The molecule has 0 saturated heterocycles. The zero-order valence-corrected chi connectivity index (χ0v) is 8.32. The summed E-state index contributed by atoms with van der Waals surface area (Å²) in [6, 6.07) is 6.00. The number of aliphatic imine (C=N–C) groups is 1. The second-order valence-corrected chi connectivity index (χ2v) is 2.97. The van der Waals surface area contributed by atoms with Gasteiger partial charge >= 0.3 is 0 Å². The lowest BCUT2D eigenvalue weighted by atomic mass is 10.3. The molecule has 0 aliphatic heterocycles. The first-order valence-electron chi connectivity index (χ1n) is 4.62. The standard InChI is InChI=1S/C10H14FN3O/c11-8-3-1-4-9(7-8)15-6-2-5-14-10(12)13/h1,3-4,7H,2,5-6H2,(H4,12,13,14). The molecule has 0 fully saturated rings. The lowest BCUT2D eigenvalue weighted by molar-refractivity contribution is 0.312. The Morgan fingerprint density at radius 1 is 1.40 bits per heavy atom. The third-order valence-electron chi connectivity index (χ3n) is 1.66. The summed E-state index contributed by atoms with van der Waals surface area (Å²) in [4.78, 5) is 3.79. The van der Waals surface area contributed by atoms with Gasteiger partial charge in [0.2, 0.25) is 0 Å². The topological polar surface area (TPSA) is 73.6 Å². The molecule has 0 spiro atoms. The van der Waals surface area contributed by atoms with E-state index in [0.717, 1.165) is 0 Å². The molecule has 0 radical (unpaired) electrons. The Balaban J connectivity index is 2.23. The summed E-state index contributed by atoms with van der Waals surface area (Å²) in [6.07, 6.45) is 0.689. The molecule has 82 valence electrons. The molecule has 1 aromatic carbocycles. The van der Waals surface area contributed by atoms with Crippen LogP contribution in [0.1, 0.15) is 6.42 Å². The summed E-state index contributed by atoms with van der Waals surface area (Å²) in [6.45, 7) is 0.970. The summed E-state index contributed by atoms with van der Waals surface area (Å²) < 4.78 is 18.0. The van der Waals surface area contributed by atoms with E-state index in [0.29, 0.717) is 25.3 Å². The summed E-state index contributed by atoms with van der Waals surface area (Å²) in [5.74, 6) is 0.275. The lowest BCUT2D eigenvalue weighted by Gasteiger charge is -2.04. The third-order valence-corrected chi connectivity index (χ3v) is 1.66. The van der Waals surface area contributed by atoms with Gasteiger partial charge in [0.25, 0.3) is 0 Å². The Hall–Kier alpha value is -1.78. The second kappa shape index (κ2) is 5.85. The zero-order chi connectivity index (χ0) is 11.1. The minimum absolute atomic E-state index is 0.0701. The van der Waals surface area contributed by atoms with Crippen molar-refractivity contribution in [2.45, 2.75) is 6.42 Å². The van der Waals surface area contributed by atoms with Crippen LogP contribution in [0.25, 0.3) is 0 Å². The molecule has 0 amide bonds. The molecule has 0 heterocycles. The Kier molecular flexibility index (Phi) is 4.40. The molecular weight excluding hydrogens is 197 g/mol. The van der Waals surface area contributed by atoms with Crippen molar-refractivity contribution in [3.63, 3.8) is 0 Å². The van der Waals surface area contributed by atoms with E-state index in [-0.39, 0.29) is 11.8 Å². The zero-order valence-electron chi connectivity index (χ0n) is 8.32. The van der Waals surface area contributed by atoms with Gasteiger partial charge in [0.05, 0.1) is 6.61 Å². The maximum Gasteiger partial charge on any atom is 0.185 e. The predicted octanol–water partition coefficient (Wildman–Crippen LogP) is 0.868. The molecule has 0 aliphatic carbocycles. The fraction of sp³-hybridized carbons (Fsp3) is 0.300. The van der Waals surface area contributed by atoms with Crippen molar-refractivity contribution in [2.24, 2.45) is 16.5 Å². The van der Waals surface area contributed by atoms with Crippen LogP contribution in [0.2, 0.25) is 0 Å². The Morgan fingerprint density at radius 2 is 2.20 bits per heavy atom. The Morgan fingerprint density at radius 3 is 2.87 bits per heavy atom. The molecule has 5 heteroatoms. The summed E-state index contributed by atoms with van der Waals surface area (Å²) in [7, 11) is 0. The van der Waals surface area contributed by atoms with Crippen LogP contribution in [-0.4, -0.2) is 19.1 Å². The van der Waals surface area contributed by atoms with E-state index in [1.165, 1.54) is 12.1 Å². The van der Waals surface area contributed by atoms with Crippen molar-refractivity contribution in [3.8, 4) is 5.75 Å². The summed E-state index contributed by atoms with van der Waals surface area (Å²) in [5, 5.41) is 0. The van der Waals surface area contributed by atoms with Gasteiger partial charge in [-0.2, -0.15) is 0 Å². The minimum Gasteiger partial charge on any atom is -0.493 e. The smallest absolute Gasteiger partial charge is 0.185 e. The fourth-order valence-electron chi connectivity index (χ4n) is 1.02. The highest BCUT2D eigenvalue weighted by atomic mass is 19.1. The molecule has 0 bridgehead atoms. The lowest BCUT2D eigenvalue weighted by Crippen LogP contribution is -2.23. The van der Waals surface area contributed by atoms with Gasteiger partial charge in [0, 0.05) is 19.0 Å². The van der Waals surface area contributed by atoms with Crippen molar-refractivity contribution in [1.82, 2.24) is 0 Å². The molecule has 0 aromatic heterocycles. The quantitative estimate of drug-likeness (QED) is 0.431. The molecule has 4 N–H and O–H groups in total. The van der Waals surface area contributed by atoms with Crippen LogP contribution in [0.15, 0.2) is 29.3 Å². The van der Waals surface area contributed by atoms with Crippen LogP contribution < -0.4 is 16.2 Å². The Labute approximate surface area is 87.7 Å². The monoisotopic (exact) mass is 211 g/mol. The fourth-order valence-corrected chi connectivity index (χ4v) is 1.02. The van der Waals surface area contributed by atoms with E-state index in [2.05, 4.69) is 4.99 Å². The van der Waals surface area contributed by atoms with Gasteiger partial charge in [-0.3, -0.25) is 4.99 Å². The molecule has 1 aromatic rings. The van der Waals surface area contributed by atoms with Gasteiger partial charge in [-0.1, -0.05) is 6.07 Å².